The summed E-state index contributed by atoms with van der Waals surface area (Å²) in [5, 5.41) is 0. The van der Waals surface area contributed by atoms with E-state index in [1.54, 1.807) is 0 Å². The highest BCUT2D eigenvalue weighted by Gasteiger charge is 2.29. The van der Waals surface area contributed by atoms with E-state index in [0.29, 0.717) is 24.5 Å². The number of amides is 1. The third-order valence-corrected chi connectivity index (χ3v) is 2.13. The Balaban J connectivity index is 2.32. The van der Waals surface area contributed by atoms with E-state index >= 15 is 0 Å². The van der Waals surface area contributed by atoms with Gasteiger partial charge in [0, 0.05) is 19.0 Å². The average Bonchev–Trinajstić information content (AvgIpc) is 2.46. The monoisotopic (exact) mass is 193 g/mol. The normalized spacial score (nSPS) is 21.6. The smallest absolute Gasteiger partial charge is 0.229 e. The summed E-state index contributed by atoms with van der Waals surface area (Å²) < 4.78 is 0. The van der Waals surface area contributed by atoms with Crippen molar-refractivity contribution in [2.24, 2.45) is 5.73 Å². The molecule has 1 aromatic rings. The van der Waals surface area contributed by atoms with Crippen molar-refractivity contribution >= 4 is 17.4 Å². The minimum Gasteiger partial charge on any atom is -0.394 e. The molecule has 2 rings (SSSR count). The van der Waals surface area contributed by atoms with Crippen LogP contribution in [0.15, 0.2) is 12.5 Å². The van der Waals surface area contributed by atoms with E-state index in [1.807, 2.05) is 0 Å². The van der Waals surface area contributed by atoms with Gasteiger partial charge in [-0.25, -0.2) is 9.97 Å². The van der Waals surface area contributed by atoms with Gasteiger partial charge in [0.2, 0.25) is 5.91 Å². The van der Waals surface area contributed by atoms with Gasteiger partial charge in [-0.3, -0.25) is 9.69 Å². The molecule has 1 atom stereocenters. The molecule has 0 aromatic carbocycles. The summed E-state index contributed by atoms with van der Waals surface area (Å²) in [6.45, 7) is 0.472. The van der Waals surface area contributed by atoms with Gasteiger partial charge in [0.25, 0.3) is 0 Å². The molecule has 0 saturated carbocycles. The molecule has 1 unspecified atom stereocenters. The second-order valence-corrected chi connectivity index (χ2v) is 3.27. The van der Waals surface area contributed by atoms with Gasteiger partial charge in [-0.2, -0.15) is 0 Å². The maximum absolute atomic E-state index is 11.5. The fourth-order valence-electron chi connectivity index (χ4n) is 1.50. The van der Waals surface area contributed by atoms with Crippen molar-refractivity contribution in [3.05, 3.63) is 12.5 Å². The molecule has 0 spiro atoms. The quantitative estimate of drug-likeness (QED) is 0.603. The number of nitrogen functional groups attached to an aromatic ring is 1. The molecule has 1 amide bonds. The largest absolute Gasteiger partial charge is 0.394 e. The first-order valence-corrected chi connectivity index (χ1v) is 4.30. The molecule has 1 saturated heterocycles. The molecule has 0 aliphatic carbocycles. The Bertz CT molecular complexity index is 367. The summed E-state index contributed by atoms with van der Waals surface area (Å²) in [4.78, 5) is 20.7. The Morgan fingerprint density at radius 1 is 1.57 bits per heavy atom. The van der Waals surface area contributed by atoms with Crippen molar-refractivity contribution in [2.75, 3.05) is 17.2 Å². The van der Waals surface area contributed by atoms with E-state index < -0.39 is 0 Å². The van der Waals surface area contributed by atoms with Gasteiger partial charge in [-0.1, -0.05) is 0 Å². The molecule has 74 valence electrons. The van der Waals surface area contributed by atoms with Crippen LogP contribution in [0, 0.1) is 0 Å². The van der Waals surface area contributed by atoms with E-state index in [2.05, 4.69) is 9.97 Å². The van der Waals surface area contributed by atoms with Crippen LogP contribution in [0.3, 0.4) is 0 Å². The predicted octanol–water partition coefficient (Wildman–Crippen LogP) is -0.877. The lowest BCUT2D eigenvalue weighted by atomic mass is 10.3. The zero-order valence-corrected chi connectivity index (χ0v) is 7.55. The molecule has 1 aliphatic heterocycles. The van der Waals surface area contributed by atoms with E-state index in [9.17, 15) is 4.79 Å². The molecule has 0 radical (unpaired) electrons. The highest BCUT2D eigenvalue weighted by molar-refractivity contribution is 5.97. The van der Waals surface area contributed by atoms with Gasteiger partial charge < -0.3 is 11.5 Å². The van der Waals surface area contributed by atoms with E-state index in [0.717, 1.165) is 0 Å². The fraction of sp³-hybridized carbons (Fsp3) is 0.375. The number of carbonyl (C=O) groups excluding carboxylic acids is 1. The van der Waals surface area contributed by atoms with Crippen LogP contribution in [0.1, 0.15) is 6.42 Å². The second kappa shape index (κ2) is 3.22. The SMILES string of the molecule is Nc1cncnc1N1CC(N)CC1=O. The fourth-order valence-corrected chi connectivity index (χ4v) is 1.50. The van der Waals surface area contributed by atoms with Crippen LogP contribution >= 0.6 is 0 Å². The summed E-state index contributed by atoms with van der Waals surface area (Å²) in [6.07, 6.45) is 3.19. The van der Waals surface area contributed by atoms with Crippen LogP contribution in [0.4, 0.5) is 11.5 Å². The molecule has 14 heavy (non-hydrogen) atoms. The van der Waals surface area contributed by atoms with Crippen LogP contribution in [0.5, 0.6) is 0 Å². The van der Waals surface area contributed by atoms with Gasteiger partial charge in [-0.15, -0.1) is 0 Å². The van der Waals surface area contributed by atoms with Gasteiger partial charge in [-0.05, 0) is 0 Å². The molecule has 4 N–H and O–H groups in total. The Morgan fingerprint density at radius 2 is 2.36 bits per heavy atom. The van der Waals surface area contributed by atoms with E-state index in [-0.39, 0.29) is 11.9 Å². The van der Waals surface area contributed by atoms with Gasteiger partial charge in [0.1, 0.15) is 6.33 Å². The van der Waals surface area contributed by atoms with Gasteiger partial charge in [0.15, 0.2) is 5.82 Å². The Morgan fingerprint density at radius 3 is 2.93 bits per heavy atom. The third kappa shape index (κ3) is 1.39. The lowest BCUT2D eigenvalue weighted by Gasteiger charge is -2.15. The summed E-state index contributed by atoms with van der Waals surface area (Å²) >= 11 is 0. The number of carbonyl (C=O) groups is 1. The highest BCUT2D eigenvalue weighted by atomic mass is 16.2. The number of nitrogens with zero attached hydrogens (tertiary/aromatic N) is 3. The van der Waals surface area contributed by atoms with E-state index in [1.165, 1.54) is 17.4 Å². The highest BCUT2D eigenvalue weighted by Crippen LogP contribution is 2.22. The molecule has 1 aromatic heterocycles. The molecule has 6 nitrogen and oxygen atoms in total. The minimum absolute atomic E-state index is 0.0390. The van der Waals surface area contributed by atoms with Gasteiger partial charge in [0.05, 0.1) is 11.9 Å². The predicted molar refractivity (Wildman–Crippen MR) is 51.4 cm³/mol. The van der Waals surface area contributed by atoms with Crippen molar-refractivity contribution in [3.8, 4) is 0 Å². The first kappa shape index (κ1) is 8.89. The number of rotatable bonds is 1. The summed E-state index contributed by atoms with van der Waals surface area (Å²) in [6, 6.07) is -0.128. The number of aromatic nitrogens is 2. The molecular formula is C8H11N5O. The van der Waals surface area contributed by atoms with Crippen molar-refractivity contribution in [1.82, 2.24) is 9.97 Å². The number of hydrogen-bond acceptors (Lipinski definition) is 5. The van der Waals surface area contributed by atoms with Crippen molar-refractivity contribution in [2.45, 2.75) is 12.5 Å². The lowest BCUT2D eigenvalue weighted by molar-refractivity contribution is -0.117. The zero-order valence-electron chi connectivity index (χ0n) is 7.55. The molecule has 1 fully saturated rings. The summed E-state index contributed by atoms with van der Waals surface area (Å²) in [7, 11) is 0. The van der Waals surface area contributed by atoms with Crippen LogP contribution < -0.4 is 16.4 Å². The number of hydrogen-bond donors (Lipinski definition) is 2. The van der Waals surface area contributed by atoms with Crippen molar-refractivity contribution in [1.29, 1.82) is 0 Å². The second-order valence-electron chi connectivity index (χ2n) is 3.27. The van der Waals surface area contributed by atoms with Crippen LogP contribution in [0.2, 0.25) is 0 Å². The van der Waals surface area contributed by atoms with Crippen molar-refractivity contribution in [3.63, 3.8) is 0 Å². The average molecular weight is 193 g/mol. The molecular weight excluding hydrogens is 182 g/mol. The van der Waals surface area contributed by atoms with Crippen molar-refractivity contribution < 1.29 is 4.79 Å². The maximum atomic E-state index is 11.5. The summed E-state index contributed by atoms with van der Waals surface area (Å²) in [5.74, 6) is 0.417. The summed E-state index contributed by atoms with van der Waals surface area (Å²) in [5.41, 5.74) is 11.7. The lowest BCUT2D eigenvalue weighted by Crippen LogP contribution is -2.29. The maximum Gasteiger partial charge on any atom is 0.229 e. The third-order valence-electron chi connectivity index (χ3n) is 2.13. The Hall–Kier alpha value is -1.69. The first-order valence-electron chi connectivity index (χ1n) is 4.30. The number of anilines is 2. The first-order chi connectivity index (χ1) is 6.68. The van der Waals surface area contributed by atoms with Crippen LogP contribution in [-0.4, -0.2) is 28.5 Å². The molecule has 2 heterocycles. The number of nitrogens with two attached hydrogens (primary N) is 2. The van der Waals surface area contributed by atoms with Crippen LogP contribution in [-0.2, 0) is 4.79 Å². The zero-order chi connectivity index (χ0) is 10.1. The minimum atomic E-state index is -0.128. The molecule has 0 bridgehead atoms. The Kier molecular flexibility index (Phi) is 2.05. The van der Waals surface area contributed by atoms with Gasteiger partial charge >= 0.3 is 0 Å². The van der Waals surface area contributed by atoms with Crippen LogP contribution in [0.25, 0.3) is 0 Å². The molecule has 1 aliphatic rings. The molecule has 6 heteroatoms. The topological polar surface area (TPSA) is 98.1 Å². The van der Waals surface area contributed by atoms with E-state index in [4.69, 9.17) is 11.5 Å². The standard InChI is InChI=1S/C8H11N5O/c9-5-1-7(14)13(3-5)8-6(10)2-11-4-12-8/h2,4-5H,1,3,9-10H2. The Labute approximate surface area is 80.9 Å².